The lowest BCUT2D eigenvalue weighted by molar-refractivity contribution is -0.274. The summed E-state index contributed by atoms with van der Waals surface area (Å²) in [6, 6.07) is 9.60. The summed E-state index contributed by atoms with van der Waals surface area (Å²) < 4.78 is 39.6. The van der Waals surface area contributed by atoms with Gasteiger partial charge >= 0.3 is 6.36 Å². The highest BCUT2D eigenvalue weighted by atomic mass is 32.1. The van der Waals surface area contributed by atoms with Crippen molar-refractivity contribution in [3.8, 4) is 5.75 Å². The second-order valence-corrected chi connectivity index (χ2v) is 4.54. The minimum atomic E-state index is -4.65. The van der Waals surface area contributed by atoms with Crippen LogP contribution in [0.5, 0.6) is 5.75 Å². The Morgan fingerprint density at radius 1 is 1.11 bits per heavy atom. The first-order valence-electron chi connectivity index (χ1n) is 5.15. The van der Waals surface area contributed by atoms with Crippen LogP contribution in [0.3, 0.4) is 0 Å². The topological polar surface area (TPSA) is 21.3 Å². The largest absolute Gasteiger partial charge is 0.573 e. The van der Waals surface area contributed by atoms with E-state index in [1.807, 2.05) is 17.5 Å². The fourth-order valence-electron chi connectivity index (χ4n) is 1.38. The molecule has 2 aromatic rings. The molecular formula is C12H10F3NOS. The summed E-state index contributed by atoms with van der Waals surface area (Å²) in [6.45, 7) is 0.650. The van der Waals surface area contributed by atoms with Gasteiger partial charge in [-0.2, -0.15) is 0 Å². The van der Waals surface area contributed by atoms with Gasteiger partial charge < -0.3 is 10.1 Å². The van der Waals surface area contributed by atoms with Crippen molar-refractivity contribution in [3.63, 3.8) is 0 Å². The van der Waals surface area contributed by atoms with Gasteiger partial charge in [0.2, 0.25) is 0 Å². The Morgan fingerprint density at radius 2 is 1.83 bits per heavy atom. The van der Waals surface area contributed by atoms with Crippen LogP contribution in [0.1, 0.15) is 4.88 Å². The molecule has 0 spiro atoms. The smallest absolute Gasteiger partial charge is 0.406 e. The highest BCUT2D eigenvalue weighted by Gasteiger charge is 2.30. The number of halogens is 3. The van der Waals surface area contributed by atoms with E-state index in [0.29, 0.717) is 6.54 Å². The van der Waals surface area contributed by atoms with Gasteiger partial charge in [0, 0.05) is 17.1 Å². The average molecular weight is 273 g/mol. The highest BCUT2D eigenvalue weighted by Crippen LogP contribution is 2.24. The van der Waals surface area contributed by atoms with E-state index in [1.165, 1.54) is 12.1 Å². The molecule has 6 heteroatoms. The molecule has 1 aromatic heterocycles. The predicted octanol–water partition coefficient (Wildman–Crippen LogP) is 4.26. The van der Waals surface area contributed by atoms with E-state index in [-0.39, 0.29) is 5.75 Å². The maximum atomic E-state index is 11.9. The number of alkyl halides is 3. The summed E-state index contributed by atoms with van der Waals surface area (Å²) in [5.41, 5.74) is 0.748. The van der Waals surface area contributed by atoms with Crippen molar-refractivity contribution in [1.82, 2.24) is 0 Å². The van der Waals surface area contributed by atoms with Gasteiger partial charge in [0.25, 0.3) is 0 Å². The lowest BCUT2D eigenvalue weighted by Crippen LogP contribution is -2.17. The van der Waals surface area contributed by atoms with E-state index in [9.17, 15) is 13.2 Å². The van der Waals surface area contributed by atoms with Gasteiger partial charge in [0.05, 0.1) is 0 Å². The van der Waals surface area contributed by atoms with E-state index in [4.69, 9.17) is 0 Å². The zero-order chi connectivity index (χ0) is 13.0. The third-order valence-electron chi connectivity index (χ3n) is 2.13. The van der Waals surface area contributed by atoms with Crippen LogP contribution in [0.25, 0.3) is 0 Å². The first-order valence-corrected chi connectivity index (χ1v) is 6.03. The van der Waals surface area contributed by atoms with Crippen molar-refractivity contribution >= 4 is 17.0 Å². The number of hydrogen-bond acceptors (Lipinski definition) is 3. The van der Waals surface area contributed by atoms with E-state index < -0.39 is 6.36 Å². The first kappa shape index (κ1) is 12.8. The fraction of sp³-hybridized carbons (Fsp3) is 0.167. The normalized spacial score (nSPS) is 11.3. The van der Waals surface area contributed by atoms with Crippen LogP contribution in [0, 0.1) is 0 Å². The molecule has 96 valence electrons. The number of hydrogen-bond donors (Lipinski definition) is 1. The molecule has 1 heterocycles. The molecule has 0 aliphatic heterocycles. The van der Waals surface area contributed by atoms with Gasteiger partial charge in [-0.25, -0.2) is 0 Å². The Balaban J connectivity index is 1.91. The van der Waals surface area contributed by atoms with Crippen LogP contribution in [-0.2, 0) is 6.54 Å². The summed E-state index contributed by atoms with van der Waals surface area (Å²) in [5.74, 6) is -0.218. The number of benzene rings is 1. The van der Waals surface area contributed by atoms with Gasteiger partial charge in [-0.15, -0.1) is 24.5 Å². The van der Waals surface area contributed by atoms with Crippen molar-refractivity contribution in [1.29, 1.82) is 0 Å². The van der Waals surface area contributed by atoms with Crippen molar-refractivity contribution in [3.05, 3.63) is 46.7 Å². The Labute approximate surface area is 106 Å². The number of nitrogens with one attached hydrogen (secondary N) is 1. The first-order chi connectivity index (χ1) is 8.53. The van der Waals surface area contributed by atoms with Gasteiger partial charge in [0.15, 0.2) is 0 Å². The fourth-order valence-corrected chi connectivity index (χ4v) is 2.02. The SMILES string of the molecule is FC(F)(F)Oc1ccc(NCc2cccs2)cc1. The number of rotatable bonds is 4. The zero-order valence-corrected chi connectivity index (χ0v) is 10.0. The summed E-state index contributed by atoms with van der Waals surface area (Å²) in [5, 5.41) is 5.08. The zero-order valence-electron chi connectivity index (χ0n) is 9.20. The average Bonchev–Trinajstić information content (AvgIpc) is 2.79. The molecule has 2 nitrogen and oxygen atoms in total. The van der Waals surface area contributed by atoms with Gasteiger partial charge in [-0.1, -0.05) is 6.07 Å². The van der Waals surface area contributed by atoms with Crippen molar-refractivity contribution in [2.24, 2.45) is 0 Å². The third-order valence-corrected chi connectivity index (χ3v) is 3.01. The van der Waals surface area contributed by atoms with Gasteiger partial charge in [0.1, 0.15) is 5.75 Å². The summed E-state index contributed by atoms with van der Waals surface area (Å²) in [4.78, 5) is 1.16. The molecule has 0 unspecified atom stereocenters. The maximum Gasteiger partial charge on any atom is 0.573 e. The predicted molar refractivity (Wildman–Crippen MR) is 64.8 cm³/mol. The van der Waals surface area contributed by atoms with Crippen molar-refractivity contribution in [2.75, 3.05) is 5.32 Å². The van der Waals surface area contributed by atoms with E-state index in [1.54, 1.807) is 23.5 Å². The molecule has 18 heavy (non-hydrogen) atoms. The third kappa shape index (κ3) is 3.96. The Bertz CT molecular complexity index is 479. The summed E-state index contributed by atoms with van der Waals surface area (Å²) in [7, 11) is 0. The lowest BCUT2D eigenvalue weighted by Gasteiger charge is -2.10. The Hall–Kier alpha value is -1.69. The molecule has 1 N–H and O–H groups in total. The number of ether oxygens (including phenoxy) is 1. The van der Waals surface area contributed by atoms with Crippen LogP contribution in [0.15, 0.2) is 41.8 Å². The minimum absolute atomic E-state index is 0.218. The Morgan fingerprint density at radius 3 is 2.39 bits per heavy atom. The molecule has 0 atom stereocenters. The van der Waals surface area contributed by atoms with Gasteiger partial charge in [-0.05, 0) is 35.7 Å². The second kappa shape index (κ2) is 5.30. The van der Waals surface area contributed by atoms with Crippen molar-refractivity contribution in [2.45, 2.75) is 12.9 Å². The van der Waals surface area contributed by atoms with Crippen LogP contribution in [0.4, 0.5) is 18.9 Å². The molecule has 0 saturated heterocycles. The van der Waals surface area contributed by atoms with Crippen LogP contribution in [0.2, 0.25) is 0 Å². The van der Waals surface area contributed by atoms with Crippen LogP contribution < -0.4 is 10.1 Å². The molecule has 0 amide bonds. The highest BCUT2D eigenvalue weighted by molar-refractivity contribution is 7.09. The van der Waals surface area contributed by atoms with E-state index in [2.05, 4.69) is 10.1 Å². The van der Waals surface area contributed by atoms with E-state index >= 15 is 0 Å². The molecule has 0 fully saturated rings. The quantitative estimate of drug-likeness (QED) is 0.898. The lowest BCUT2D eigenvalue weighted by atomic mass is 10.3. The minimum Gasteiger partial charge on any atom is -0.406 e. The molecule has 2 rings (SSSR count). The standard InChI is InChI=1S/C12H10F3NOS/c13-12(14,15)17-10-5-3-9(4-6-10)16-8-11-2-1-7-18-11/h1-7,16H,8H2. The maximum absolute atomic E-state index is 11.9. The number of thiophene rings is 1. The monoisotopic (exact) mass is 273 g/mol. The van der Waals surface area contributed by atoms with E-state index in [0.717, 1.165) is 10.6 Å². The summed E-state index contributed by atoms with van der Waals surface area (Å²) >= 11 is 1.62. The summed E-state index contributed by atoms with van der Waals surface area (Å²) in [6.07, 6.45) is -4.65. The molecule has 0 aliphatic rings. The van der Waals surface area contributed by atoms with Gasteiger partial charge in [-0.3, -0.25) is 0 Å². The molecular weight excluding hydrogens is 263 g/mol. The molecule has 0 bridgehead atoms. The second-order valence-electron chi connectivity index (χ2n) is 3.51. The molecule has 1 aromatic carbocycles. The molecule has 0 saturated carbocycles. The van der Waals surface area contributed by atoms with Crippen molar-refractivity contribution < 1.29 is 17.9 Å². The van der Waals surface area contributed by atoms with Crippen LogP contribution in [-0.4, -0.2) is 6.36 Å². The molecule has 0 aliphatic carbocycles. The molecule has 0 radical (unpaired) electrons. The number of anilines is 1. The van der Waals surface area contributed by atoms with Crippen LogP contribution >= 0.6 is 11.3 Å². The Kier molecular flexibility index (Phi) is 3.76.